The van der Waals surface area contributed by atoms with Gasteiger partial charge in [0.15, 0.2) is 22.9 Å². The van der Waals surface area contributed by atoms with Crippen molar-refractivity contribution in [2.45, 2.75) is 24.1 Å². The number of methoxy groups -OCH3 is 1. The Labute approximate surface area is 173 Å². The number of ether oxygens (including phenoxy) is 3. The fourth-order valence-corrected chi connectivity index (χ4v) is 3.99. The van der Waals surface area contributed by atoms with Crippen LogP contribution in [0.15, 0.2) is 29.7 Å². The fourth-order valence-electron chi connectivity index (χ4n) is 3.21. The number of anilines is 2. The van der Waals surface area contributed by atoms with Crippen LogP contribution in [0.2, 0.25) is 0 Å². The Hall–Kier alpha value is -2.56. The van der Waals surface area contributed by atoms with Gasteiger partial charge in [-0.3, -0.25) is 0 Å². The van der Waals surface area contributed by atoms with Crippen LogP contribution in [-0.4, -0.2) is 59.6 Å². The van der Waals surface area contributed by atoms with Gasteiger partial charge in [0.1, 0.15) is 11.3 Å². The van der Waals surface area contributed by atoms with Crippen LogP contribution in [0.3, 0.4) is 0 Å². The molecule has 1 aliphatic heterocycles. The molecule has 0 spiro atoms. The van der Waals surface area contributed by atoms with Crippen molar-refractivity contribution in [3.05, 3.63) is 30.1 Å². The fraction of sp³-hybridized carbons (Fsp3) is 0.421. The van der Waals surface area contributed by atoms with Gasteiger partial charge in [0.05, 0.1) is 32.3 Å². The van der Waals surface area contributed by atoms with Gasteiger partial charge in [-0.05, 0) is 24.6 Å². The van der Waals surface area contributed by atoms with Crippen LogP contribution in [-0.2, 0) is 15.2 Å². The highest BCUT2D eigenvalue weighted by atomic mass is 32.2. The highest BCUT2D eigenvalue weighted by molar-refractivity contribution is 7.98. The molecule has 1 aliphatic rings. The van der Waals surface area contributed by atoms with Crippen molar-refractivity contribution in [1.29, 1.82) is 0 Å². The quantitative estimate of drug-likeness (QED) is 0.341. The molecule has 1 fully saturated rings. The first-order valence-electron chi connectivity index (χ1n) is 9.42. The molecule has 154 valence electrons. The molecule has 3 N–H and O–H groups in total. The maximum Gasteiger partial charge on any atom is 0.192 e. The van der Waals surface area contributed by atoms with Gasteiger partial charge < -0.3 is 29.8 Å². The molecule has 1 aromatic carbocycles. The lowest BCUT2D eigenvalue weighted by Crippen LogP contribution is -2.44. The van der Waals surface area contributed by atoms with Crippen molar-refractivity contribution in [3.63, 3.8) is 0 Å². The number of aromatic amines is 1. The van der Waals surface area contributed by atoms with Gasteiger partial charge in [0, 0.05) is 18.9 Å². The lowest BCUT2D eigenvalue weighted by Gasteiger charge is -2.33. The summed E-state index contributed by atoms with van der Waals surface area (Å²) in [5.74, 6) is 2.18. The predicted molar refractivity (Wildman–Crippen MR) is 112 cm³/mol. The Bertz CT molecular complexity index is 980. The number of fused-ring (bicyclic) bond motifs is 1. The van der Waals surface area contributed by atoms with Gasteiger partial charge in [0.25, 0.3) is 0 Å². The molecule has 1 atom stereocenters. The van der Waals surface area contributed by atoms with Crippen molar-refractivity contribution < 1.29 is 14.2 Å². The molecule has 9 nitrogen and oxygen atoms in total. The van der Waals surface area contributed by atoms with E-state index in [-0.39, 0.29) is 6.29 Å². The van der Waals surface area contributed by atoms with E-state index < -0.39 is 0 Å². The Kier molecular flexibility index (Phi) is 6.02. The van der Waals surface area contributed by atoms with Gasteiger partial charge in [-0.25, -0.2) is 15.0 Å². The molecule has 4 rings (SSSR count). The molecule has 0 bridgehead atoms. The number of imidazole rings is 1. The number of hydrogen-bond donors (Lipinski definition) is 2. The topological polar surface area (TPSA) is 111 Å². The SMILES string of the molecule is CCOC1CN(c2nc(SCc3ccc(OC)c(N)c3)nc3nc[nH]c23)CCO1. The molecular weight excluding hydrogens is 392 g/mol. The van der Waals surface area contributed by atoms with Crippen molar-refractivity contribution in [2.24, 2.45) is 0 Å². The van der Waals surface area contributed by atoms with Crippen LogP contribution in [0.1, 0.15) is 12.5 Å². The van der Waals surface area contributed by atoms with Crippen molar-refractivity contribution in [3.8, 4) is 5.75 Å². The van der Waals surface area contributed by atoms with E-state index in [1.807, 2.05) is 25.1 Å². The zero-order valence-electron chi connectivity index (χ0n) is 16.4. The largest absolute Gasteiger partial charge is 0.495 e. The summed E-state index contributed by atoms with van der Waals surface area (Å²) in [5.41, 5.74) is 9.16. The number of nitrogens with one attached hydrogen (secondary N) is 1. The summed E-state index contributed by atoms with van der Waals surface area (Å²) < 4.78 is 16.5. The number of nitrogen functional groups attached to an aromatic ring is 1. The van der Waals surface area contributed by atoms with E-state index in [0.717, 1.165) is 23.4 Å². The van der Waals surface area contributed by atoms with Crippen molar-refractivity contribution in [1.82, 2.24) is 19.9 Å². The number of morpholine rings is 1. The summed E-state index contributed by atoms with van der Waals surface area (Å²) in [5, 5.41) is 0.661. The van der Waals surface area contributed by atoms with Crippen LogP contribution in [0, 0.1) is 0 Å². The third-order valence-electron chi connectivity index (χ3n) is 4.59. The van der Waals surface area contributed by atoms with E-state index in [4.69, 9.17) is 24.9 Å². The second-order valence-electron chi connectivity index (χ2n) is 6.50. The van der Waals surface area contributed by atoms with Gasteiger partial charge in [-0.1, -0.05) is 17.8 Å². The van der Waals surface area contributed by atoms with Crippen LogP contribution >= 0.6 is 11.8 Å². The number of hydrogen-bond acceptors (Lipinski definition) is 9. The Morgan fingerprint density at radius 2 is 2.28 bits per heavy atom. The predicted octanol–water partition coefficient (Wildman–Crippen LogP) is 2.44. The molecule has 0 radical (unpaired) electrons. The number of benzene rings is 1. The first-order valence-corrected chi connectivity index (χ1v) is 10.4. The smallest absolute Gasteiger partial charge is 0.192 e. The summed E-state index contributed by atoms with van der Waals surface area (Å²) in [6.45, 7) is 4.48. The summed E-state index contributed by atoms with van der Waals surface area (Å²) in [4.78, 5) is 19.0. The molecule has 3 aromatic rings. The van der Waals surface area contributed by atoms with E-state index in [0.29, 0.717) is 47.8 Å². The normalized spacial score (nSPS) is 17.0. The Morgan fingerprint density at radius 3 is 3.07 bits per heavy atom. The molecule has 10 heteroatoms. The van der Waals surface area contributed by atoms with E-state index in [9.17, 15) is 0 Å². The third-order valence-corrected chi connectivity index (χ3v) is 5.51. The minimum atomic E-state index is -0.264. The summed E-state index contributed by atoms with van der Waals surface area (Å²) in [6, 6.07) is 5.77. The molecule has 0 amide bonds. The Balaban J connectivity index is 1.55. The number of aromatic nitrogens is 4. The monoisotopic (exact) mass is 416 g/mol. The maximum atomic E-state index is 6.01. The molecule has 0 saturated carbocycles. The van der Waals surface area contributed by atoms with Gasteiger partial charge in [-0.15, -0.1) is 0 Å². The van der Waals surface area contributed by atoms with Crippen molar-refractivity contribution in [2.75, 3.05) is 44.0 Å². The highest BCUT2D eigenvalue weighted by Crippen LogP contribution is 2.29. The van der Waals surface area contributed by atoms with E-state index in [1.165, 1.54) is 0 Å². The first kappa shape index (κ1) is 19.7. The standard InChI is InChI=1S/C19H24N6O3S/c1-3-27-15-9-25(6-7-28-15)18-16-17(22-11-21-16)23-19(24-18)29-10-12-4-5-14(26-2)13(20)8-12/h4-5,8,11,15H,3,6-7,9-10,20H2,1-2H3,(H,21,22,23,24). The number of H-pyrrole nitrogens is 1. The molecule has 1 unspecified atom stereocenters. The number of thioether (sulfide) groups is 1. The number of nitrogens with two attached hydrogens (primary N) is 1. The lowest BCUT2D eigenvalue weighted by atomic mass is 10.2. The highest BCUT2D eigenvalue weighted by Gasteiger charge is 2.24. The minimum absolute atomic E-state index is 0.264. The zero-order valence-corrected chi connectivity index (χ0v) is 17.2. The maximum absolute atomic E-state index is 6.01. The van der Waals surface area contributed by atoms with Crippen LogP contribution in [0.25, 0.3) is 11.2 Å². The molecular formula is C19H24N6O3S. The minimum Gasteiger partial charge on any atom is -0.495 e. The van der Waals surface area contributed by atoms with Crippen LogP contribution in [0.5, 0.6) is 5.75 Å². The second kappa shape index (κ2) is 8.85. The summed E-state index contributed by atoms with van der Waals surface area (Å²) >= 11 is 1.54. The average Bonchev–Trinajstić information content (AvgIpc) is 3.21. The first-order chi connectivity index (χ1) is 14.2. The van der Waals surface area contributed by atoms with Crippen LogP contribution in [0.4, 0.5) is 11.5 Å². The number of nitrogens with zero attached hydrogens (tertiary/aromatic N) is 4. The lowest BCUT2D eigenvalue weighted by molar-refractivity contribution is -0.143. The van der Waals surface area contributed by atoms with E-state index in [2.05, 4.69) is 19.9 Å². The van der Waals surface area contributed by atoms with Gasteiger partial charge in [0.2, 0.25) is 0 Å². The van der Waals surface area contributed by atoms with E-state index in [1.54, 1.807) is 25.2 Å². The molecule has 1 saturated heterocycles. The van der Waals surface area contributed by atoms with E-state index >= 15 is 0 Å². The third kappa shape index (κ3) is 4.39. The second-order valence-corrected chi connectivity index (χ2v) is 7.44. The summed E-state index contributed by atoms with van der Waals surface area (Å²) in [6.07, 6.45) is 1.38. The zero-order chi connectivity index (χ0) is 20.2. The molecule has 3 heterocycles. The number of rotatable bonds is 7. The average molecular weight is 417 g/mol. The summed E-state index contributed by atoms with van der Waals surface area (Å²) in [7, 11) is 1.61. The van der Waals surface area contributed by atoms with Gasteiger partial charge in [-0.2, -0.15) is 0 Å². The van der Waals surface area contributed by atoms with Crippen molar-refractivity contribution >= 4 is 34.4 Å². The Morgan fingerprint density at radius 1 is 1.38 bits per heavy atom. The van der Waals surface area contributed by atoms with Crippen LogP contribution < -0.4 is 15.4 Å². The molecule has 2 aromatic heterocycles. The molecule has 29 heavy (non-hydrogen) atoms. The van der Waals surface area contributed by atoms with Gasteiger partial charge >= 0.3 is 0 Å². The molecule has 0 aliphatic carbocycles.